The minimum atomic E-state index is -1.42. The van der Waals surface area contributed by atoms with Crippen LogP contribution in [0.15, 0.2) is 48.2 Å². The largest absolute Gasteiger partial charge is 0.388 e. The van der Waals surface area contributed by atoms with Gasteiger partial charge in [-0.05, 0) is 66.3 Å². The van der Waals surface area contributed by atoms with Crippen LogP contribution in [0.2, 0.25) is 0 Å². The van der Waals surface area contributed by atoms with E-state index in [4.69, 9.17) is 23.7 Å². The van der Waals surface area contributed by atoms with Crippen molar-refractivity contribution in [3.63, 3.8) is 0 Å². The Morgan fingerprint density at radius 1 is 0.961 bits per heavy atom. The number of carbonyl (C=O) groups excluding carboxylic acids is 1. The molecule has 1 amide bonds. The summed E-state index contributed by atoms with van der Waals surface area (Å²) in [4.78, 5) is 15.2. The van der Waals surface area contributed by atoms with Crippen LogP contribution in [0.4, 0.5) is 5.69 Å². The number of piperidine rings is 1. The number of nitrogens with zero attached hydrogens (tertiary/aromatic N) is 5. The zero-order chi connectivity index (χ0) is 36.2. The van der Waals surface area contributed by atoms with Gasteiger partial charge in [-0.15, -0.1) is 5.10 Å². The number of fused-ring (bicyclic) bond motifs is 1. The molecule has 2 saturated heterocycles. The number of nitrogens with one attached hydrogen (secondary N) is 1. The molecule has 0 bridgehead atoms. The lowest BCUT2D eigenvalue weighted by molar-refractivity contribution is -0.292. The van der Waals surface area contributed by atoms with E-state index in [0.29, 0.717) is 37.7 Å². The number of benzene rings is 2. The second-order valence-electron chi connectivity index (χ2n) is 12.6. The molecule has 1 aromatic heterocycles. The molecule has 3 heterocycles. The monoisotopic (exact) mass is 708 g/mol. The molecule has 2 fully saturated rings. The van der Waals surface area contributed by atoms with E-state index in [1.165, 1.54) is 36.7 Å². The van der Waals surface area contributed by atoms with E-state index in [1.807, 2.05) is 18.2 Å². The predicted octanol–water partition coefficient (Wildman–Crippen LogP) is 1.54. The van der Waals surface area contributed by atoms with E-state index >= 15 is 0 Å². The van der Waals surface area contributed by atoms with E-state index in [1.54, 1.807) is 13.1 Å². The molecule has 15 heteroatoms. The van der Waals surface area contributed by atoms with Crippen LogP contribution in [0.3, 0.4) is 0 Å². The van der Waals surface area contributed by atoms with Gasteiger partial charge in [0.2, 0.25) is 0 Å². The Labute approximate surface area is 297 Å². The highest BCUT2D eigenvalue weighted by molar-refractivity contribution is 6.05. The lowest BCUT2D eigenvalue weighted by Gasteiger charge is -2.39. The summed E-state index contributed by atoms with van der Waals surface area (Å²) in [5.74, 6) is -0.439. The SMILES string of the molecule is CO[C@H]1O[C@H](Cn2cc(COCCOCCOCCNC(=O)/C(C#N)=C(\C)c3ccc4cc(N5CCCCC5)ccc4c3)nn2)[C@@H](O)[C@H](O)[C@H]1O. The Bertz CT molecular complexity index is 1650. The molecule has 51 heavy (non-hydrogen) atoms. The molecule has 0 saturated carbocycles. The Morgan fingerprint density at radius 2 is 1.67 bits per heavy atom. The van der Waals surface area contributed by atoms with E-state index in [-0.39, 0.29) is 31.9 Å². The molecule has 0 radical (unpaired) electrons. The molecule has 15 nitrogen and oxygen atoms in total. The topological polar surface area (TPSA) is 194 Å². The van der Waals surface area contributed by atoms with Crippen molar-refractivity contribution in [1.82, 2.24) is 20.3 Å². The molecule has 2 aromatic carbocycles. The summed E-state index contributed by atoms with van der Waals surface area (Å²) in [7, 11) is 1.34. The van der Waals surface area contributed by atoms with Gasteiger partial charge >= 0.3 is 0 Å². The van der Waals surface area contributed by atoms with Gasteiger partial charge in [-0.3, -0.25) is 4.79 Å². The zero-order valence-electron chi connectivity index (χ0n) is 29.1. The van der Waals surface area contributed by atoms with E-state index in [0.717, 1.165) is 29.4 Å². The second-order valence-corrected chi connectivity index (χ2v) is 12.6. The van der Waals surface area contributed by atoms with Crippen molar-refractivity contribution in [3.8, 4) is 6.07 Å². The summed E-state index contributed by atoms with van der Waals surface area (Å²) in [5.41, 5.74) is 3.31. The number of methoxy groups -OCH3 is 1. The van der Waals surface area contributed by atoms with Gasteiger partial charge in [0.25, 0.3) is 5.91 Å². The molecular formula is C36H48N6O9. The van der Waals surface area contributed by atoms with Crippen LogP contribution >= 0.6 is 0 Å². The molecule has 2 aliphatic heterocycles. The van der Waals surface area contributed by atoms with Gasteiger partial charge in [0.1, 0.15) is 41.8 Å². The highest BCUT2D eigenvalue weighted by Gasteiger charge is 2.44. The fraction of sp³-hybridized carbons (Fsp3) is 0.556. The highest BCUT2D eigenvalue weighted by Crippen LogP contribution is 2.28. The van der Waals surface area contributed by atoms with E-state index in [2.05, 4.69) is 44.8 Å². The van der Waals surface area contributed by atoms with Crippen LogP contribution in [0.5, 0.6) is 0 Å². The van der Waals surface area contributed by atoms with Crippen LogP contribution in [0, 0.1) is 11.3 Å². The third kappa shape index (κ3) is 10.3. The Balaban J connectivity index is 0.941. The average molecular weight is 709 g/mol. The first-order chi connectivity index (χ1) is 24.8. The first-order valence-electron chi connectivity index (χ1n) is 17.3. The normalized spacial score (nSPS) is 22.8. The summed E-state index contributed by atoms with van der Waals surface area (Å²) < 4.78 is 28.7. The summed E-state index contributed by atoms with van der Waals surface area (Å²) in [6, 6.07) is 14.6. The number of rotatable bonds is 17. The number of hydrogen-bond acceptors (Lipinski definition) is 13. The molecule has 0 aliphatic carbocycles. The van der Waals surface area contributed by atoms with Crippen molar-refractivity contribution >= 4 is 27.9 Å². The van der Waals surface area contributed by atoms with Gasteiger partial charge in [0.05, 0.1) is 52.4 Å². The number of ether oxygens (including phenoxy) is 5. The molecule has 2 aliphatic rings. The maximum Gasteiger partial charge on any atom is 0.262 e. The lowest BCUT2D eigenvalue weighted by Crippen LogP contribution is -2.58. The Hall–Kier alpha value is -3.98. The maximum absolute atomic E-state index is 12.8. The standard InChI is InChI=1S/C36H48N6O9/c1-24(25-6-7-27-19-29(9-8-26(27)18-25)41-11-4-3-5-12-41)30(20-37)35(46)38-10-13-48-14-15-49-16-17-50-23-28-21-42(40-39-28)22-31-32(43)33(44)34(45)36(47-2)51-31/h6-9,18-19,21,31-34,36,43-45H,3-5,10-17,22-23H2,1-2H3,(H,38,46)/b30-24+/t31-,32-,33+,34-,36+/m1/s1. The molecule has 4 N–H and O–H groups in total. The van der Waals surface area contributed by atoms with Gasteiger partial charge in [-0.25, -0.2) is 4.68 Å². The smallest absolute Gasteiger partial charge is 0.262 e. The number of aromatic nitrogens is 3. The minimum Gasteiger partial charge on any atom is -0.388 e. The highest BCUT2D eigenvalue weighted by atomic mass is 16.7. The number of amides is 1. The molecule has 276 valence electrons. The molecule has 5 rings (SSSR count). The fourth-order valence-electron chi connectivity index (χ4n) is 6.15. The molecule has 3 aromatic rings. The molecular weight excluding hydrogens is 660 g/mol. The summed E-state index contributed by atoms with van der Waals surface area (Å²) in [5, 5.41) is 52.9. The number of nitriles is 1. The number of allylic oxidation sites excluding steroid dienone is 1. The third-order valence-corrected chi connectivity index (χ3v) is 9.07. The Morgan fingerprint density at radius 3 is 2.41 bits per heavy atom. The van der Waals surface area contributed by atoms with E-state index in [9.17, 15) is 25.4 Å². The summed E-state index contributed by atoms with van der Waals surface area (Å²) in [6.07, 6.45) is -0.657. The second kappa shape index (κ2) is 19.0. The van der Waals surface area contributed by atoms with Gasteiger partial charge in [0, 0.05) is 32.4 Å². The average Bonchev–Trinajstić information content (AvgIpc) is 3.61. The summed E-state index contributed by atoms with van der Waals surface area (Å²) in [6.45, 7) is 6.06. The van der Waals surface area contributed by atoms with Crippen LogP contribution in [-0.2, 0) is 41.6 Å². The zero-order valence-corrected chi connectivity index (χ0v) is 29.1. The number of carbonyl (C=O) groups is 1. The van der Waals surface area contributed by atoms with Crippen molar-refractivity contribution in [1.29, 1.82) is 5.26 Å². The van der Waals surface area contributed by atoms with Crippen molar-refractivity contribution < 1.29 is 43.8 Å². The summed E-state index contributed by atoms with van der Waals surface area (Å²) >= 11 is 0. The predicted molar refractivity (Wildman–Crippen MR) is 186 cm³/mol. The quantitative estimate of drug-likeness (QED) is 0.0898. The number of hydrogen-bond donors (Lipinski definition) is 4. The molecule has 0 unspecified atom stereocenters. The van der Waals surface area contributed by atoms with Gasteiger partial charge in [0.15, 0.2) is 6.29 Å². The number of aliphatic hydroxyl groups excluding tert-OH is 3. The van der Waals surface area contributed by atoms with Gasteiger partial charge in [-0.1, -0.05) is 23.4 Å². The van der Waals surface area contributed by atoms with E-state index < -0.39 is 36.6 Å². The van der Waals surface area contributed by atoms with Crippen molar-refractivity contribution in [2.75, 3.05) is 64.7 Å². The van der Waals surface area contributed by atoms with Crippen LogP contribution in [0.1, 0.15) is 37.4 Å². The number of aliphatic hydroxyl groups is 3. The molecule has 0 spiro atoms. The van der Waals surface area contributed by atoms with Crippen LogP contribution < -0.4 is 10.2 Å². The van der Waals surface area contributed by atoms with Gasteiger partial charge in [-0.2, -0.15) is 5.26 Å². The first kappa shape index (κ1) is 38.3. The fourth-order valence-corrected chi connectivity index (χ4v) is 6.15. The maximum atomic E-state index is 12.8. The number of anilines is 1. The van der Waals surface area contributed by atoms with Crippen LogP contribution in [-0.4, -0.2) is 127 Å². The van der Waals surface area contributed by atoms with Crippen molar-refractivity contribution in [2.24, 2.45) is 0 Å². The van der Waals surface area contributed by atoms with Crippen molar-refractivity contribution in [3.05, 3.63) is 59.4 Å². The Kier molecular flexibility index (Phi) is 14.3. The first-order valence-corrected chi connectivity index (χ1v) is 17.3. The van der Waals surface area contributed by atoms with Crippen molar-refractivity contribution in [2.45, 2.75) is 70.0 Å². The third-order valence-electron chi connectivity index (χ3n) is 9.07. The van der Waals surface area contributed by atoms with Crippen LogP contribution in [0.25, 0.3) is 16.3 Å². The van der Waals surface area contributed by atoms with Gasteiger partial charge < -0.3 is 49.2 Å². The lowest BCUT2D eigenvalue weighted by atomic mass is 9.98. The minimum absolute atomic E-state index is 0.0722. The molecule has 5 atom stereocenters.